The minimum atomic E-state index is -3.96. The van der Waals surface area contributed by atoms with Gasteiger partial charge in [-0.15, -0.1) is 0 Å². The van der Waals surface area contributed by atoms with Crippen LogP contribution in [-0.2, 0) is 10.0 Å². The summed E-state index contributed by atoms with van der Waals surface area (Å²) in [6, 6.07) is 9.78. The van der Waals surface area contributed by atoms with Gasteiger partial charge in [0.1, 0.15) is 16.5 Å². The molecule has 1 N–H and O–H groups in total. The average molecular weight is 438 g/mol. The highest BCUT2D eigenvalue weighted by Crippen LogP contribution is 2.24. The number of hydrogen-bond donors (Lipinski definition) is 1. The van der Waals surface area contributed by atoms with Crippen molar-refractivity contribution >= 4 is 21.6 Å². The molecule has 1 aliphatic rings. The summed E-state index contributed by atoms with van der Waals surface area (Å²) in [6.07, 6.45) is 2.03. The van der Waals surface area contributed by atoms with Crippen LogP contribution in [0.2, 0.25) is 0 Å². The van der Waals surface area contributed by atoms with Gasteiger partial charge in [-0.25, -0.2) is 17.2 Å². The molecule has 1 fully saturated rings. The molecule has 0 radical (unpaired) electrons. The predicted octanol–water partition coefficient (Wildman–Crippen LogP) is 3.01. The lowest BCUT2D eigenvalue weighted by atomic mass is 10.2. The summed E-state index contributed by atoms with van der Waals surface area (Å²) in [5, 5.41) is 2.70. The van der Waals surface area contributed by atoms with E-state index in [1.165, 1.54) is 16.4 Å². The van der Waals surface area contributed by atoms with Gasteiger partial charge in [0.25, 0.3) is 5.91 Å². The molecule has 0 aromatic heterocycles. The second-order valence-electron chi connectivity index (χ2n) is 7.24. The summed E-state index contributed by atoms with van der Waals surface area (Å²) in [7, 11) is -2.20. The highest BCUT2D eigenvalue weighted by atomic mass is 32.2. The first-order valence-corrected chi connectivity index (χ1v) is 11.3. The lowest BCUT2D eigenvalue weighted by Crippen LogP contribution is -2.30. The number of carbonyl (C=O) groups excluding carboxylic acids is 1. The van der Waals surface area contributed by atoms with Crippen molar-refractivity contribution in [2.45, 2.75) is 24.2 Å². The maximum Gasteiger partial charge on any atom is 0.251 e. The van der Waals surface area contributed by atoms with Crippen LogP contribution in [-0.4, -0.2) is 51.9 Å². The molecule has 0 aliphatic carbocycles. The Hall–Kier alpha value is -2.52. The van der Waals surface area contributed by atoms with Crippen molar-refractivity contribution in [2.24, 2.45) is 0 Å². The van der Waals surface area contributed by atoms with Crippen molar-refractivity contribution in [2.75, 3.05) is 38.1 Å². The van der Waals surface area contributed by atoms with Crippen LogP contribution in [0, 0.1) is 11.6 Å². The summed E-state index contributed by atoms with van der Waals surface area (Å²) in [5.74, 6) is -1.67. The average Bonchev–Trinajstić information content (AvgIpc) is 3.27. The van der Waals surface area contributed by atoms with Crippen molar-refractivity contribution in [3.63, 3.8) is 0 Å². The SMILES string of the molecule is CN(CCCNC(=O)c1ccc(F)c(S(=O)(=O)N2CCCC2)c1)c1ccccc1F. The van der Waals surface area contributed by atoms with Gasteiger partial charge in [-0.2, -0.15) is 4.31 Å². The Morgan fingerprint density at radius 2 is 1.80 bits per heavy atom. The van der Waals surface area contributed by atoms with Crippen molar-refractivity contribution in [1.29, 1.82) is 0 Å². The lowest BCUT2D eigenvalue weighted by Gasteiger charge is -2.20. The standard InChI is InChI=1S/C21H25F2N3O3S/c1-25(19-8-3-2-7-17(19)22)12-6-11-24-21(27)16-9-10-18(23)20(15-16)30(28,29)26-13-4-5-14-26/h2-3,7-10,15H,4-6,11-14H2,1H3,(H,24,27). The normalized spacial score (nSPS) is 14.6. The zero-order chi connectivity index (χ0) is 21.7. The number of rotatable bonds is 8. The number of para-hydroxylation sites is 1. The van der Waals surface area contributed by atoms with Gasteiger partial charge in [-0.3, -0.25) is 4.79 Å². The third-order valence-electron chi connectivity index (χ3n) is 5.10. The van der Waals surface area contributed by atoms with E-state index < -0.39 is 26.6 Å². The topological polar surface area (TPSA) is 69.7 Å². The third-order valence-corrected chi connectivity index (χ3v) is 7.01. The molecule has 30 heavy (non-hydrogen) atoms. The highest BCUT2D eigenvalue weighted by Gasteiger charge is 2.30. The summed E-state index contributed by atoms with van der Waals surface area (Å²) in [4.78, 5) is 13.7. The number of amides is 1. The third kappa shape index (κ3) is 4.96. The number of hydrogen-bond acceptors (Lipinski definition) is 4. The molecule has 1 saturated heterocycles. The fraction of sp³-hybridized carbons (Fsp3) is 0.381. The number of halogens is 2. The zero-order valence-corrected chi connectivity index (χ0v) is 17.6. The van der Waals surface area contributed by atoms with Crippen molar-refractivity contribution in [3.8, 4) is 0 Å². The molecule has 9 heteroatoms. The summed E-state index contributed by atoms with van der Waals surface area (Å²) in [5.41, 5.74) is 0.552. The maximum absolute atomic E-state index is 14.2. The van der Waals surface area contributed by atoms with Crippen LogP contribution in [0.3, 0.4) is 0 Å². The van der Waals surface area contributed by atoms with Gasteiger partial charge in [-0.05, 0) is 49.6 Å². The number of nitrogens with zero attached hydrogens (tertiary/aromatic N) is 2. The fourth-order valence-electron chi connectivity index (χ4n) is 3.41. The minimum absolute atomic E-state index is 0.0802. The monoisotopic (exact) mass is 437 g/mol. The van der Waals surface area contributed by atoms with Crippen LogP contribution in [0.4, 0.5) is 14.5 Å². The van der Waals surface area contributed by atoms with E-state index in [1.54, 1.807) is 30.1 Å². The van der Waals surface area contributed by atoms with E-state index >= 15 is 0 Å². The van der Waals surface area contributed by atoms with E-state index in [0.29, 0.717) is 38.3 Å². The Bertz CT molecular complexity index is 1010. The molecule has 3 rings (SSSR count). The molecule has 1 heterocycles. The Kier molecular flexibility index (Phi) is 7.04. The molecule has 6 nitrogen and oxygen atoms in total. The second kappa shape index (κ2) is 9.53. The molecule has 162 valence electrons. The Morgan fingerprint density at radius 1 is 1.10 bits per heavy atom. The van der Waals surface area contributed by atoms with Crippen LogP contribution in [0.15, 0.2) is 47.4 Å². The first-order valence-electron chi connectivity index (χ1n) is 9.84. The molecule has 2 aromatic rings. The van der Waals surface area contributed by atoms with E-state index in [0.717, 1.165) is 25.0 Å². The van der Waals surface area contributed by atoms with E-state index in [9.17, 15) is 22.0 Å². The van der Waals surface area contributed by atoms with Gasteiger partial charge >= 0.3 is 0 Å². The molecule has 0 unspecified atom stereocenters. The fourth-order valence-corrected chi connectivity index (χ4v) is 5.02. The largest absolute Gasteiger partial charge is 0.372 e. The number of anilines is 1. The smallest absolute Gasteiger partial charge is 0.251 e. The van der Waals surface area contributed by atoms with Gasteiger partial charge in [-0.1, -0.05) is 12.1 Å². The molecule has 2 aromatic carbocycles. The molecular formula is C21H25F2N3O3S. The quantitative estimate of drug-likeness (QED) is 0.645. The van der Waals surface area contributed by atoms with Gasteiger partial charge in [0.2, 0.25) is 10.0 Å². The van der Waals surface area contributed by atoms with Crippen molar-refractivity contribution in [3.05, 3.63) is 59.7 Å². The van der Waals surface area contributed by atoms with E-state index in [4.69, 9.17) is 0 Å². The van der Waals surface area contributed by atoms with E-state index in [1.807, 2.05) is 0 Å². The summed E-state index contributed by atoms with van der Waals surface area (Å²) >= 11 is 0. The number of benzene rings is 2. The Balaban J connectivity index is 1.59. The zero-order valence-electron chi connectivity index (χ0n) is 16.8. The highest BCUT2D eigenvalue weighted by molar-refractivity contribution is 7.89. The van der Waals surface area contributed by atoms with E-state index in [-0.39, 0.29) is 11.4 Å². The number of carbonyl (C=O) groups is 1. The minimum Gasteiger partial charge on any atom is -0.372 e. The molecule has 1 amide bonds. The first kappa shape index (κ1) is 22.2. The van der Waals surface area contributed by atoms with E-state index in [2.05, 4.69) is 5.32 Å². The summed E-state index contributed by atoms with van der Waals surface area (Å²) in [6.45, 7) is 1.53. The Labute approximate surface area is 175 Å². The van der Waals surface area contributed by atoms with Gasteiger partial charge < -0.3 is 10.2 Å². The van der Waals surface area contributed by atoms with Crippen molar-refractivity contribution in [1.82, 2.24) is 9.62 Å². The van der Waals surface area contributed by atoms with Crippen molar-refractivity contribution < 1.29 is 22.0 Å². The molecular weight excluding hydrogens is 412 g/mol. The molecule has 0 spiro atoms. The summed E-state index contributed by atoms with van der Waals surface area (Å²) < 4.78 is 54.5. The molecule has 0 saturated carbocycles. The number of nitrogens with one attached hydrogen (secondary N) is 1. The Morgan fingerprint density at radius 3 is 2.50 bits per heavy atom. The molecule has 1 aliphatic heterocycles. The predicted molar refractivity (Wildman–Crippen MR) is 111 cm³/mol. The van der Waals surface area contributed by atoms with Gasteiger partial charge in [0.05, 0.1) is 5.69 Å². The second-order valence-corrected chi connectivity index (χ2v) is 9.15. The van der Waals surface area contributed by atoms with Gasteiger partial charge in [0, 0.05) is 38.8 Å². The van der Waals surface area contributed by atoms with Crippen LogP contribution in [0.5, 0.6) is 0 Å². The number of sulfonamides is 1. The molecule has 0 bridgehead atoms. The first-order chi connectivity index (χ1) is 14.3. The van der Waals surface area contributed by atoms with Crippen LogP contribution < -0.4 is 10.2 Å². The maximum atomic E-state index is 14.2. The van der Waals surface area contributed by atoms with Crippen LogP contribution >= 0.6 is 0 Å². The molecule has 0 atom stereocenters. The van der Waals surface area contributed by atoms with Crippen LogP contribution in [0.1, 0.15) is 29.6 Å². The van der Waals surface area contributed by atoms with Gasteiger partial charge in [0.15, 0.2) is 0 Å². The lowest BCUT2D eigenvalue weighted by molar-refractivity contribution is 0.0953. The van der Waals surface area contributed by atoms with Crippen LogP contribution in [0.25, 0.3) is 0 Å².